The van der Waals surface area contributed by atoms with Gasteiger partial charge in [0.2, 0.25) is 0 Å². The number of esters is 1. The molecule has 2 N–H and O–H groups in total. The lowest BCUT2D eigenvalue weighted by Gasteiger charge is -2.39. The van der Waals surface area contributed by atoms with Crippen LogP contribution < -0.4 is 10.9 Å². The van der Waals surface area contributed by atoms with Crippen molar-refractivity contribution in [1.82, 2.24) is 20.7 Å². The first-order valence-corrected chi connectivity index (χ1v) is 10.3. The monoisotopic (exact) mass is 374 g/mol. The van der Waals surface area contributed by atoms with E-state index >= 15 is 0 Å². The Kier molecular flexibility index (Phi) is 7.64. The van der Waals surface area contributed by atoms with Crippen LogP contribution in [0.3, 0.4) is 0 Å². The summed E-state index contributed by atoms with van der Waals surface area (Å²) in [5, 5.41) is 0. The molecule has 2 aliphatic rings. The van der Waals surface area contributed by atoms with E-state index in [2.05, 4.69) is 58.0 Å². The molecule has 0 aromatic heterocycles. The smallest absolute Gasteiger partial charge is 0.324 e. The van der Waals surface area contributed by atoms with Gasteiger partial charge in [0.1, 0.15) is 6.04 Å². The summed E-state index contributed by atoms with van der Waals surface area (Å²) in [6.45, 7) is 7.41. The highest BCUT2D eigenvalue weighted by atomic mass is 16.5. The van der Waals surface area contributed by atoms with Gasteiger partial charge >= 0.3 is 5.97 Å². The predicted octanol–water partition coefficient (Wildman–Crippen LogP) is 1.28. The molecule has 1 aromatic rings. The van der Waals surface area contributed by atoms with Gasteiger partial charge in [-0.3, -0.25) is 10.2 Å². The van der Waals surface area contributed by atoms with Gasteiger partial charge in [-0.2, -0.15) is 0 Å². The number of carbonyl (C=O) groups is 1. The quantitative estimate of drug-likeness (QED) is 0.669. The fourth-order valence-electron chi connectivity index (χ4n) is 4.23. The zero-order valence-electron chi connectivity index (χ0n) is 16.7. The van der Waals surface area contributed by atoms with Gasteiger partial charge in [-0.05, 0) is 45.3 Å². The molecule has 0 aliphatic carbocycles. The van der Waals surface area contributed by atoms with Crippen LogP contribution in [0.25, 0.3) is 0 Å². The minimum Gasteiger partial charge on any atom is -0.465 e. The maximum atomic E-state index is 12.1. The van der Waals surface area contributed by atoms with Gasteiger partial charge < -0.3 is 14.5 Å². The number of nitrogens with zero attached hydrogens (tertiary/aromatic N) is 2. The van der Waals surface area contributed by atoms with Gasteiger partial charge in [0.15, 0.2) is 0 Å². The molecule has 0 amide bonds. The van der Waals surface area contributed by atoms with Crippen LogP contribution in [-0.2, 0) is 16.0 Å². The summed E-state index contributed by atoms with van der Waals surface area (Å²) in [6.07, 6.45) is 3.58. The maximum absolute atomic E-state index is 12.1. The highest BCUT2D eigenvalue weighted by Crippen LogP contribution is 2.19. The van der Waals surface area contributed by atoms with Crippen molar-refractivity contribution in [2.75, 3.05) is 46.4 Å². The molecule has 3 unspecified atom stereocenters. The van der Waals surface area contributed by atoms with Crippen LogP contribution in [0.2, 0.25) is 0 Å². The highest BCUT2D eigenvalue weighted by molar-refractivity contribution is 5.76. The standard InChI is InChI=1S/C21H34N4O2/c1-3-27-21(26)20-18(14-22-23-20)15-24(2)19-10-7-12-25(16-19)13-11-17-8-5-4-6-9-17/h4-6,8-9,18-20,22-23H,3,7,10-16H2,1-2H3. The molecule has 2 saturated heterocycles. The Labute approximate surface area is 163 Å². The molecule has 6 heteroatoms. The van der Waals surface area contributed by atoms with Crippen LogP contribution in [-0.4, -0.2) is 74.2 Å². The Hall–Kier alpha value is -1.47. The molecule has 3 rings (SSSR count). The van der Waals surface area contributed by atoms with Crippen LogP contribution in [0.4, 0.5) is 0 Å². The second-order valence-corrected chi connectivity index (χ2v) is 7.79. The van der Waals surface area contributed by atoms with Crippen LogP contribution in [0.5, 0.6) is 0 Å². The van der Waals surface area contributed by atoms with Crippen molar-refractivity contribution < 1.29 is 9.53 Å². The van der Waals surface area contributed by atoms with Gasteiger partial charge in [-0.1, -0.05) is 30.3 Å². The van der Waals surface area contributed by atoms with E-state index in [1.807, 2.05) is 6.92 Å². The van der Waals surface area contributed by atoms with Crippen LogP contribution in [0, 0.1) is 5.92 Å². The number of likely N-dealkylation sites (N-methyl/N-ethyl adjacent to an activating group) is 1. The van der Waals surface area contributed by atoms with E-state index in [1.165, 1.54) is 24.9 Å². The summed E-state index contributed by atoms with van der Waals surface area (Å²) >= 11 is 0. The third-order valence-electron chi connectivity index (χ3n) is 5.82. The first kappa shape index (κ1) is 20.3. The van der Waals surface area contributed by atoms with E-state index in [0.29, 0.717) is 12.6 Å². The Morgan fingerprint density at radius 2 is 2.15 bits per heavy atom. The van der Waals surface area contributed by atoms with Crippen molar-refractivity contribution >= 4 is 5.97 Å². The minimum absolute atomic E-state index is 0.144. The number of carbonyl (C=O) groups excluding carboxylic acids is 1. The Balaban J connectivity index is 1.47. The largest absolute Gasteiger partial charge is 0.465 e. The summed E-state index contributed by atoms with van der Waals surface area (Å²) in [4.78, 5) is 17.2. The summed E-state index contributed by atoms with van der Waals surface area (Å²) in [5.41, 5.74) is 7.63. The summed E-state index contributed by atoms with van der Waals surface area (Å²) in [7, 11) is 2.20. The average molecular weight is 375 g/mol. The molecule has 6 nitrogen and oxygen atoms in total. The van der Waals surface area contributed by atoms with Crippen molar-refractivity contribution in [3.8, 4) is 0 Å². The summed E-state index contributed by atoms with van der Waals surface area (Å²) in [6, 6.07) is 11.0. The lowest BCUT2D eigenvalue weighted by atomic mass is 9.98. The lowest BCUT2D eigenvalue weighted by molar-refractivity contribution is -0.146. The molecule has 0 radical (unpaired) electrons. The first-order chi connectivity index (χ1) is 13.2. The van der Waals surface area contributed by atoms with Gasteiger partial charge in [-0.15, -0.1) is 0 Å². The number of ether oxygens (including phenoxy) is 1. The minimum atomic E-state index is -0.245. The number of hydrazine groups is 1. The van der Waals surface area contributed by atoms with E-state index < -0.39 is 0 Å². The normalized spacial score (nSPS) is 26.4. The second-order valence-electron chi connectivity index (χ2n) is 7.79. The molecule has 150 valence electrons. The molecular formula is C21H34N4O2. The molecule has 2 heterocycles. The number of piperidine rings is 1. The first-order valence-electron chi connectivity index (χ1n) is 10.3. The lowest BCUT2D eigenvalue weighted by Crippen LogP contribution is -2.50. The molecule has 2 fully saturated rings. The van der Waals surface area contributed by atoms with Crippen molar-refractivity contribution in [3.63, 3.8) is 0 Å². The summed E-state index contributed by atoms with van der Waals surface area (Å²) < 4.78 is 5.21. The van der Waals surface area contributed by atoms with Gasteiger partial charge in [0.25, 0.3) is 0 Å². The molecule has 3 atom stereocenters. The molecular weight excluding hydrogens is 340 g/mol. The fourth-order valence-corrected chi connectivity index (χ4v) is 4.23. The number of rotatable bonds is 8. The SMILES string of the molecule is CCOC(=O)C1NNCC1CN(C)C1CCCN(CCc2ccccc2)C1. The number of likely N-dealkylation sites (tertiary alicyclic amines) is 1. The third-order valence-corrected chi connectivity index (χ3v) is 5.82. The topological polar surface area (TPSA) is 56.8 Å². The Bertz CT molecular complexity index is 583. The van der Waals surface area contributed by atoms with Crippen molar-refractivity contribution in [2.45, 2.75) is 38.3 Å². The number of benzene rings is 1. The number of hydrogen-bond donors (Lipinski definition) is 2. The number of nitrogens with one attached hydrogen (secondary N) is 2. The zero-order valence-corrected chi connectivity index (χ0v) is 16.7. The zero-order chi connectivity index (χ0) is 19.1. The van der Waals surface area contributed by atoms with Gasteiger partial charge in [0, 0.05) is 38.1 Å². The summed E-state index contributed by atoms with van der Waals surface area (Å²) in [5.74, 6) is 0.0998. The van der Waals surface area contributed by atoms with E-state index in [-0.39, 0.29) is 17.9 Å². The highest BCUT2D eigenvalue weighted by Gasteiger charge is 2.36. The molecule has 0 bridgehead atoms. The Morgan fingerprint density at radius 1 is 1.33 bits per heavy atom. The molecule has 27 heavy (non-hydrogen) atoms. The molecule has 0 spiro atoms. The molecule has 0 saturated carbocycles. The second kappa shape index (κ2) is 10.2. The van der Waals surface area contributed by atoms with Crippen molar-refractivity contribution in [3.05, 3.63) is 35.9 Å². The molecule has 1 aromatic carbocycles. The fraction of sp³-hybridized carbons (Fsp3) is 0.667. The van der Waals surface area contributed by atoms with Gasteiger partial charge in [0.05, 0.1) is 6.61 Å². The third kappa shape index (κ3) is 5.75. The number of hydrogen-bond acceptors (Lipinski definition) is 6. The predicted molar refractivity (Wildman–Crippen MR) is 107 cm³/mol. The maximum Gasteiger partial charge on any atom is 0.324 e. The molecule has 2 aliphatic heterocycles. The van der Waals surface area contributed by atoms with Crippen molar-refractivity contribution in [1.29, 1.82) is 0 Å². The van der Waals surface area contributed by atoms with Crippen molar-refractivity contribution in [2.24, 2.45) is 5.92 Å². The van der Waals surface area contributed by atoms with E-state index in [1.54, 1.807) is 0 Å². The van der Waals surface area contributed by atoms with Crippen LogP contribution in [0.15, 0.2) is 30.3 Å². The average Bonchev–Trinajstić information content (AvgIpc) is 3.16. The van der Waals surface area contributed by atoms with E-state index in [9.17, 15) is 4.79 Å². The van der Waals surface area contributed by atoms with Crippen LogP contribution >= 0.6 is 0 Å². The van der Waals surface area contributed by atoms with E-state index in [0.717, 1.165) is 32.6 Å². The van der Waals surface area contributed by atoms with E-state index in [4.69, 9.17) is 4.74 Å². The van der Waals surface area contributed by atoms with Crippen LogP contribution in [0.1, 0.15) is 25.3 Å². The Morgan fingerprint density at radius 3 is 2.93 bits per heavy atom. The van der Waals surface area contributed by atoms with Gasteiger partial charge in [-0.25, -0.2) is 5.43 Å².